The summed E-state index contributed by atoms with van der Waals surface area (Å²) < 4.78 is 6.07. The van der Waals surface area contributed by atoms with Crippen LogP contribution in [0.4, 0.5) is 0 Å². The van der Waals surface area contributed by atoms with Crippen LogP contribution < -0.4 is 0 Å². The Bertz CT molecular complexity index is 1300. The Morgan fingerprint density at radius 2 is 1.95 bits per heavy atom. The van der Waals surface area contributed by atoms with Crippen molar-refractivity contribution in [1.82, 2.24) is 9.99 Å². The van der Waals surface area contributed by atoms with Crippen molar-refractivity contribution in [1.29, 1.82) is 0 Å². The van der Waals surface area contributed by atoms with Gasteiger partial charge >= 0.3 is 5.97 Å². The number of hydrogen-bond donors (Lipinski definition) is 2. The number of hydrogen-bond acceptors (Lipinski definition) is 5. The van der Waals surface area contributed by atoms with Crippen molar-refractivity contribution in [2.75, 3.05) is 6.61 Å². The number of ether oxygens (including phenoxy) is 1. The maximum atomic E-state index is 12.3. The average molecular weight is 554 g/mol. The van der Waals surface area contributed by atoms with E-state index in [-0.39, 0.29) is 18.8 Å². The van der Waals surface area contributed by atoms with Gasteiger partial charge in [0.15, 0.2) is 0 Å². The molecular formula is C29H34ClN4O5+. The van der Waals surface area contributed by atoms with Gasteiger partial charge in [-0.25, -0.2) is 5.21 Å². The van der Waals surface area contributed by atoms with Crippen LogP contribution in [-0.2, 0) is 27.5 Å². The van der Waals surface area contributed by atoms with Crippen LogP contribution in [0.1, 0.15) is 72.2 Å². The van der Waals surface area contributed by atoms with E-state index in [4.69, 9.17) is 21.2 Å². The number of benzene rings is 2. The van der Waals surface area contributed by atoms with Gasteiger partial charge in [0.2, 0.25) is 0 Å². The van der Waals surface area contributed by atoms with Gasteiger partial charge in [0, 0.05) is 22.5 Å². The number of carboxylic acids is 1. The molecule has 0 amide bonds. The van der Waals surface area contributed by atoms with Crippen molar-refractivity contribution in [3.63, 3.8) is 0 Å². The van der Waals surface area contributed by atoms with Crippen molar-refractivity contribution >= 4 is 17.6 Å². The molecule has 0 saturated heterocycles. The zero-order valence-corrected chi connectivity index (χ0v) is 23.1. The standard InChI is InChI=1S/C29H33ClN4O5/c1-19(2)33(17-21-8-5-4-6-9-21)34(37)32-39-15-7-10-24(29(35)36)27-20(3)31-16-25-26(27)18-38-28(25)22-11-13-23(30)14-12-22/h4-6,8-9,11-14,16,19,24,28H,7,10,15,17-18H2,1-3H3,(H-,32,35,36,37)/p+1. The van der Waals surface area contributed by atoms with E-state index < -0.39 is 11.9 Å². The lowest BCUT2D eigenvalue weighted by Gasteiger charge is -2.18. The SMILES string of the molecule is Cc1ncc2c(c1C(CCCO/N=[N+](\O)N(Cc1ccccc1)C(C)C)C(=O)O)COC2c1ccc(Cl)cc1. The molecule has 1 aromatic heterocycles. The Kier molecular flexibility index (Phi) is 9.37. The lowest BCUT2D eigenvalue weighted by molar-refractivity contribution is -0.947. The summed E-state index contributed by atoms with van der Waals surface area (Å²) in [5.41, 5.74) is 5.06. The van der Waals surface area contributed by atoms with E-state index >= 15 is 0 Å². The zero-order chi connectivity index (χ0) is 27.9. The van der Waals surface area contributed by atoms with Crippen LogP contribution >= 0.6 is 11.6 Å². The average Bonchev–Trinajstić information content (AvgIpc) is 3.34. The van der Waals surface area contributed by atoms with Crippen molar-refractivity contribution in [3.8, 4) is 0 Å². The molecule has 0 fully saturated rings. The number of pyridine rings is 1. The molecule has 2 aromatic carbocycles. The smallest absolute Gasteiger partial charge is 0.311 e. The Balaban J connectivity index is 1.41. The Hall–Kier alpha value is -3.69. The molecule has 39 heavy (non-hydrogen) atoms. The fourth-order valence-electron chi connectivity index (χ4n) is 4.81. The predicted octanol–water partition coefficient (Wildman–Crippen LogP) is 6.22. The monoisotopic (exact) mass is 553 g/mol. The van der Waals surface area contributed by atoms with Gasteiger partial charge in [0.1, 0.15) is 19.3 Å². The minimum Gasteiger partial charge on any atom is -0.481 e. The number of aliphatic carboxylic acids is 1. The van der Waals surface area contributed by atoms with Crippen LogP contribution in [0.25, 0.3) is 0 Å². The van der Waals surface area contributed by atoms with E-state index in [2.05, 4.69) is 10.3 Å². The maximum Gasteiger partial charge on any atom is 0.311 e. The van der Waals surface area contributed by atoms with E-state index in [9.17, 15) is 15.1 Å². The molecule has 2 heterocycles. The second-order valence-electron chi connectivity index (χ2n) is 9.83. The van der Waals surface area contributed by atoms with Gasteiger partial charge < -0.3 is 14.7 Å². The highest BCUT2D eigenvalue weighted by molar-refractivity contribution is 6.30. The first-order chi connectivity index (χ1) is 18.8. The summed E-state index contributed by atoms with van der Waals surface area (Å²) >= 11 is 6.04. The summed E-state index contributed by atoms with van der Waals surface area (Å²) in [7, 11) is 0. The van der Waals surface area contributed by atoms with E-state index in [1.807, 2.05) is 63.2 Å². The third-order valence-electron chi connectivity index (χ3n) is 6.83. The lowest BCUT2D eigenvalue weighted by Crippen LogP contribution is -2.37. The normalized spacial score (nSPS) is 15.7. The minimum absolute atomic E-state index is 0.0338. The maximum absolute atomic E-state index is 12.3. The number of rotatable bonds is 12. The van der Waals surface area contributed by atoms with Gasteiger partial charge in [-0.05, 0) is 68.0 Å². The van der Waals surface area contributed by atoms with Crippen molar-refractivity contribution in [2.24, 2.45) is 5.28 Å². The second kappa shape index (κ2) is 12.9. The molecule has 2 N–H and O–H groups in total. The highest BCUT2D eigenvalue weighted by atomic mass is 35.5. The summed E-state index contributed by atoms with van der Waals surface area (Å²) in [4.78, 5) is 22.9. The number of fused-ring (bicyclic) bond motifs is 1. The van der Waals surface area contributed by atoms with E-state index in [1.165, 1.54) is 0 Å². The molecule has 2 atom stereocenters. The Morgan fingerprint density at radius 3 is 2.62 bits per heavy atom. The van der Waals surface area contributed by atoms with E-state index in [0.29, 0.717) is 47.2 Å². The first-order valence-electron chi connectivity index (χ1n) is 13.0. The van der Waals surface area contributed by atoms with Gasteiger partial charge in [0.25, 0.3) is 10.2 Å². The molecule has 9 nitrogen and oxygen atoms in total. The highest BCUT2D eigenvalue weighted by Crippen LogP contribution is 2.41. The first-order valence-corrected chi connectivity index (χ1v) is 13.3. The molecule has 4 rings (SSSR count). The molecule has 10 heteroatoms. The Morgan fingerprint density at radius 1 is 1.23 bits per heavy atom. The fourth-order valence-corrected chi connectivity index (χ4v) is 4.94. The molecule has 0 bridgehead atoms. The minimum atomic E-state index is -0.933. The number of halogens is 1. The third-order valence-corrected chi connectivity index (χ3v) is 7.08. The first kappa shape index (κ1) is 28.3. The molecule has 0 radical (unpaired) electrons. The fraction of sp³-hybridized carbons (Fsp3) is 0.379. The summed E-state index contributed by atoms with van der Waals surface area (Å²) in [6.45, 7) is 6.60. The number of carboxylic acid groups (broad SMARTS) is 1. The number of aryl methyl sites for hydroxylation is 1. The molecule has 3 aromatic rings. The third kappa shape index (κ3) is 6.85. The van der Waals surface area contributed by atoms with Crippen LogP contribution in [0.3, 0.4) is 0 Å². The van der Waals surface area contributed by atoms with Crippen LogP contribution in [0.2, 0.25) is 5.02 Å². The van der Waals surface area contributed by atoms with Crippen LogP contribution in [-0.4, -0.2) is 43.9 Å². The number of carbonyl (C=O) groups is 1. The van der Waals surface area contributed by atoms with Gasteiger partial charge in [0.05, 0.1) is 18.6 Å². The largest absolute Gasteiger partial charge is 0.481 e. The van der Waals surface area contributed by atoms with Crippen molar-refractivity contribution in [3.05, 3.63) is 99.3 Å². The lowest BCUT2D eigenvalue weighted by atomic mass is 9.87. The zero-order valence-electron chi connectivity index (χ0n) is 22.3. The summed E-state index contributed by atoms with van der Waals surface area (Å²) in [5, 5.41) is 26.6. The summed E-state index contributed by atoms with van der Waals surface area (Å²) in [6, 6.07) is 17.1. The van der Waals surface area contributed by atoms with Crippen molar-refractivity contribution in [2.45, 2.75) is 64.8 Å². The van der Waals surface area contributed by atoms with Gasteiger partial charge in [-0.3, -0.25) is 9.78 Å². The number of nitrogens with zero attached hydrogens (tertiary/aromatic N) is 4. The topological polar surface area (TPSA) is 107 Å². The van der Waals surface area contributed by atoms with Crippen LogP contribution in [0.5, 0.6) is 0 Å². The number of aromatic nitrogens is 1. The molecule has 0 aliphatic carbocycles. The second-order valence-corrected chi connectivity index (χ2v) is 10.3. The van der Waals surface area contributed by atoms with Gasteiger partial charge in [-0.1, -0.05) is 54.1 Å². The highest BCUT2D eigenvalue weighted by Gasteiger charge is 2.33. The molecule has 2 unspecified atom stereocenters. The van der Waals surface area contributed by atoms with E-state index in [1.54, 1.807) is 23.3 Å². The number of hydrazine groups is 1. The molecule has 1 aliphatic heterocycles. The van der Waals surface area contributed by atoms with E-state index in [0.717, 1.165) is 22.3 Å². The van der Waals surface area contributed by atoms with Crippen LogP contribution in [0.15, 0.2) is 66.1 Å². The van der Waals surface area contributed by atoms with Gasteiger partial charge in [-0.2, -0.15) is 0 Å². The quantitative estimate of drug-likeness (QED) is 0.119. The molecule has 206 valence electrons. The summed E-state index contributed by atoms with van der Waals surface area (Å²) in [6.07, 6.45) is 2.18. The van der Waals surface area contributed by atoms with Crippen LogP contribution in [0, 0.1) is 6.92 Å². The van der Waals surface area contributed by atoms with Gasteiger partial charge in [-0.15, -0.1) is 5.01 Å². The molecule has 1 aliphatic rings. The molecular weight excluding hydrogens is 520 g/mol. The summed E-state index contributed by atoms with van der Waals surface area (Å²) in [5.74, 6) is -1.71. The Labute approximate surface area is 233 Å². The molecule has 0 spiro atoms. The molecule has 0 saturated carbocycles. The predicted molar refractivity (Wildman–Crippen MR) is 144 cm³/mol. The van der Waals surface area contributed by atoms with Crippen molar-refractivity contribution < 1.29 is 29.7 Å².